The summed E-state index contributed by atoms with van der Waals surface area (Å²) in [7, 11) is 0. The minimum absolute atomic E-state index is 0.0319. The van der Waals surface area contributed by atoms with E-state index in [1.807, 2.05) is 0 Å². The zero-order chi connectivity index (χ0) is 13.9. The van der Waals surface area contributed by atoms with Crippen LogP contribution >= 0.6 is 0 Å². The van der Waals surface area contributed by atoms with E-state index < -0.39 is 5.41 Å². The van der Waals surface area contributed by atoms with E-state index in [4.69, 9.17) is 0 Å². The van der Waals surface area contributed by atoms with Crippen molar-refractivity contribution in [2.45, 2.75) is 52.0 Å². The predicted octanol–water partition coefficient (Wildman–Crippen LogP) is 1.92. The highest BCUT2D eigenvalue weighted by Gasteiger charge is 2.41. The van der Waals surface area contributed by atoms with Crippen LogP contribution in [0.1, 0.15) is 46.0 Å². The van der Waals surface area contributed by atoms with E-state index in [0.717, 1.165) is 51.7 Å². The lowest BCUT2D eigenvalue weighted by Crippen LogP contribution is -2.41. The number of likely N-dealkylation sites (tertiary alicyclic amines) is 1. The van der Waals surface area contributed by atoms with E-state index in [2.05, 4.69) is 30.1 Å². The molecule has 1 heterocycles. The molecule has 1 amide bonds. The first-order valence-corrected chi connectivity index (χ1v) is 7.51. The molecule has 1 aliphatic heterocycles. The summed E-state index contributed by atoms with van der Waals surface area (Å²) < 4.78 is 0. The van der Waals surface area contributed by atoms with Gasteiger partial charge in [-0.1, -0.05) is 12.8 Å². The Bertz CT molecular complexity index is 366. The van der Waals surface area contributed by atoms with Gasteiger partial charge in [0, 0.05) is 19.1 Å². The molecule has 2 fully saturated rings. The Morgan fingerprint density at radius 3 is 2.68 bits per heavy atom. The Kier molecular flexibility index (Phi) is 4.46. The fourth-order valence-corrected chi connectivity index (χ4v) is 3.27. The standard InChI is InChI=1S/C15H25N3O/c1-12(2)18-8-5-13(10-18)9-17-14(19)15(11-16)6-3-4-7-15/h12-13H,3-10H2,1-2H3,(H,17,19). The van der Waals surface area contributed by atoms with Gasteiger partial charge in [-0.2, -0.15) is 5.26 Å². The monoisotopic (exact) mass is 263 g/mol. The number of hydrogen-bond donors (Lipinski definition) is 1. The van der Waals surface area contributed by atoms with Gasteiger partial charge in [0.25, 0.3) is 0 Å². The fourth-order valence-electron chi connectivity index (χ4n) is 3.27. The molecule has 1 saturated heterocycles. The van der Waals surface area contributed by atoms with Crippen molar-refractivity contribution in [2.24, 2.45) is 11.3 Å². The van der Waals surface area contributed by atoms with Gasteiger partial charge in [0.1, 0.15) is 5.41 Å². The lowest BCUT2D eigenvalue weighted by Gasteiger charge is -2.22. The molecule has 0 bridgehead atoms. The Balaban J connectivity index is 1.80. The van der Waals surface area contributed by atoms with E-state index in [0.29, 0.717) is 12.0 Å². The highest BCUT2D eigenvalue weighted by molar-refractivity contribution is 5.85. The Hall–Kier alpha value is -1.08. The highest BCUT2D eigenvalue weighted by Crippen LogP contribution is 2.37. The zero-order valence-electron chi connectivity index (χ0n) is 12.1. The number of nitrogens with zero attached hydrogens (tertiary/aromatic N) is 2. The van der Waals surface area contributed by atoms with Gasteiger partial charge in [0.05, 0.1) is 6.07 Å². The van der Waals surface area contributed by atoms with Crippen LogP contribution in [0.15, 0.2) is 0 Å². The summed E-state index contributed by atoms with van der Waals surface area (Å²) in [4.78, 5) is 14.7. The molecule has 1 unspecified atom stereocenters. The minimum Gasteiger partial charge on any atom is -0.354 e. The Labute approximate surface area is 116 Å². The van der Waals surface area contributed by atoms with Crippen LogP contribution in [0.4, 0.5) is 0 Å². The minimum atomic E-state index is -0.726. The number of rotatable bonds is 4. The quantitative estimate of drug-likeness (QED) is 0.843. The third-order valence-electron chi connectivity index (χ3n) is 4.70. The van der Waals surface area contributed by atoms with Gasteiger partial charge in [-0.15, -0.1) is 0 Å². The van der Waals surface area contributed by atoms with E-state index in [1.165, 1.54) is 0 Å². The smallest absolute Gasteiger partial charge is 0.240 e. The molecule has 19 heavy (non-hydrogen) atoms. The van der Waals surface area contributed by atoms with Crippen LogP contribution in [0, 0.1) is 22.7 Å². The molecule has 0 spiro atoms. The van der Waals surface area contributed by atoms with E-state index in [9.17, 15) is 10.1 Å². The maximum Gasteiger partial charge on any atom is 0.240 e. The van der Waals surface area contributed by atoms with Crippen molar-refractivity contribution in [1.29, 1.82) is 5.26 Å². The third-order valence-corrected chi connectivity index (χ3v) is 4.70. The summed E-state index contributed by atoms with van der Waals surface area (Å²) in [5, 5.41) is 12.3. The summed E-state index contributed by atoms with van der Waals surface area (Å²) in [6.45, 7) is 7.35. The molecule has 0 aromatic heterocycles. The van der Waals surface area contributed by atoms with Crippen molar-refractivity contribution >= 4 is 5.91 Å². The number of amides is 1. The Morgan fingerprint density at radius 2 is 2.16 bits per heavy atom. The van der Waals surface area contributed by atoms with Crippen molar-refractivity contribution < 1.29 is 4.79 Å². The van der Waals surface area contributed by atoms with Gasteiger partial charge in [-0.3, -0.25) is 4.79 Å². The largest absolute Gasteiger partial charge is 0.354 e. The number of nitriles is 1. The van der Waals surface area contributed by atoms with E-state index >= 15 is 0 Å². The van der Waals surface area contributed by atoms with Crippen molar-refractivity contribution in [1.82, 2.24) is 10.2 Å². The van der Waals surface area contributed by atoms with Gasteiger partial charge in [0.2, 0.25) is 5.91 Å². The predicted molar refractivity (Wildman–Crippen MR) is 74.3 cm³/mol. The summed E-state index contributed by atoms with van der Waals surface area (Å²) in [5.41, 5.74) is -0.726. The maximum absolute atomic E-state index is 12.2. The molecule has 0 aromatic rings. The van der Waals surface area contributed by atoms with E-state index in [1.54, 1.807) is 0 Å². The number of hydrogen-bond acceptors (Lipinski definition) is 3. The highest BCUT2D eigenvalue weighted by atomic mass is 16.2. The SMILES string of the molecule is CC(C)N1CCC(CNC(=O)C2(C#N)CCCC2)C1. The summed E-state index contributed by atoms with van der Waals surface area (Å²) >= 11 is 0. The number of nitrogens with one attached hydrogen (secondary N) is 1. The number of carbonyl (C=O) groups is 1. The molecule has 2 rings (SSSR count). The molecule has 0 radical (unpaired) electrons. The average Bonchev–Trinajstić information content (AvgIpc) is 3.05. The maximum atomic E-state index is 12.2. The van der Waals surface area contributed by atoms with Crippen molar-refractivity contribution in [2.75, 3.05) is 19.6 Å². The third kappa shape index (κ3) is 3.09. The van der Waals surface area contributed by atoms with Gasteiger partial charge in [0.15, 0.2) is 0 Å². The van der Waals surface area contributed by atoms with Crippen LogP contribution < -0.4 is 5.32 Å². The molecule has 0 aromatic carbocycles. The molecule has 1 saturated carbocycles. The second kappa shape index (κ2) is 5.92. The molecule has 1 N–H and O–H groups in total. The van der Waals surface area contributed by atoms with Gasteiger partial charge >= 0.3 is 0 Å². The van der Waals surface area contributed by atoms with Crippen molar-refractivity contribution in [3.05, 3.63) is 0 Å². The Morgan fingerprint density at radius 1 is 1.47 bits per heavy atom. The summed E-state index contributed by atoms with van der Waals surface area (Å²) in [5.74, 6) is 0.513. The van der Waals surface area contributed by atoms with Crippen molar-refractivity contribution in [3.63, 3.8) is 0 Å². The van der Waals surface area contributed by atoms with Gasteiger partial charge in [-0.05, 0) is 45.6 Å². The lowest BCUT2D eigenvalue weighted by molar-refractivity contribution is -0.128. The van der Waals surface area contributed by atoms with Gasteiger partial charge in [-0.25, -0.2) is 0 Å². The lowest BCUT2D eigenvalue weighted by atomic mass is 9.87. The first-order chi connectivity index (χ1) is 9.07. The molecular formula is C15H25N3O. The van der Waals surface area contributed by atoms with Crippen LogP contribution in [0.25, 0.3) is 0 Å². The molecule has 1 aliphatic carbocycles. The normalized spacial score (nSPS) is 26.5. The fraction of sp³-hybridized carbons (Fsp3) is 0.867. The molecule has 106 valence electrons. The van der Waals surface area contributed by atoms with Crippen LogP contribution in [-0.2, 0) is 4.79 Å². The van der Waals surface area contributed by atoms with Crippen LogP contribution in [0.2, 0.25) is 0 Å². The zero-order valence-corrected chi connectivity index (χ0v) is 12.1. The summed E-state index contributed by atoms with van der Waals surface area (Å²) in [6, 6.07) is 2.84. The van der Waals surface area contributed by atoms with Crippen LogP contribution in [0.5, 0.6) is 0 Å². The van der Waals surface area contributed by atoms with Gasteiger partial charge < -0.3 is 10.2 Å². The second-order valence-electron chi connectivity index (χ2n) is 6.35. The first-order valence-electron chi connectivity index (χ1n) is 7.51. The summed E-state index contributed by atoms with van der Waals surface area (Å²) in [6.07, 6.45) is 4.63. The van der Waals surface area contributed by atoms with Crippen LogP contribution in [-0.4, -0.2) is 36.5 Å². The molecule has 4 nitrogen and oxygen atoms in total. The molecule has 4 heteroatoms. The topological polar surface area (TPSA) is 56.1 Å². The number of carbonyl (C=O) groups excluding carboxylic acids is 1. The van der Waals surface area contributed by atoms with Crippen LogP contribution in [0.3, 0.4) is 0 Å². The molecule has 2 aliphatic rings. The van der Waals surface area contributed by atoms with E-state index in [-0.39, 0.29) is 5.91 Å². The first kappa shape index (κ1) is 14.3. The average molecular weight is 263 g/mol. The van der Waals surface area contributed by atoms with Crippen molar-refractivity contribution in [3.8, 4) is 6.07 Å². The molecule has 1 atom stereocenters. The molecular weight excluding hydrogens is 238 g/mol. The second-order valence-corrected chi connectivity index (χ2v) is 6.35.